The molecular formula is C5H9N3S. The fraction of sp³-hybridized carbons (Fsp3) is 0.600. The molecule has 1 aromatic heterocycles. The molecule has 3 nitrogen and oxygen atoms in total. The van der Waals surface area contributed by atoms with Gasteiger partial charge in [0.1, 0.15) is 6.33 Å². The van der Waals surface area contributed by atoms with Gasteiger partial charge in [-0.2, -0.15) is 4.09 Å². The monoisotopic (exact) mass is 143 g/mol. The molecule has 1 aromatic rings. The highest BCUT2D eigenvalue weighted by molar-refractivity contribution is 7.78. The summed E-state index contributed by atoms with van der Waals surface area (Å²) >= 11 is 3.94. The lowest BCUT2D eigenvalue weighted by Crippen LogP contribution is -1.90. The minimum absolute atomic E-state index is 0.387. The minimum atomic E-state index is 0.387. The maximum atomic E-state index is 3.99. The van der Waals surface area contributed by atoms with Crippen LogP contribution < -0.4 is 0 Å². The first-order chi connectivity index (χ1) is 4.20. The van der Waals surface area contributed by atoms with Crippen LogP contribution >= 0.6 is 12.8 Å². The maximum absolute atomic E-state index is 3.99. The third kappa shape index (κ3) is 1.45. The molecule has 50 valence electrons. The van der Waals surface area contributed by atoms with Crippen molar-refractivity contribution in [3.63, 3.8) is 0 Å². The molecule has 4 heteroatoms. The summed E-state index contributed by atoms with van der Waals surface area (Å²) in [5, 5.41) is 3.98. The number of hydrogen-bond donors (Lipinski definition) is 1. The number of thiol groups is 1. The molecule has 0 aromatic carbocycles. The zero-order valence-corrected chi connectivity index (χ0v) is 6.34. The topological polar surface area (TPSA) is 30.7 Å². The highest BCUT2D eigenvalue weighted by Crippen LogP contribution is 2.06. The average molecular weight is 143 g/mol. The lowest BCUT2D eigenvalue weighted by Gasteiger charge is -1.93. The van der Waals surface area contributed by atoms with Gasteiger partial charge in [0.2, 0.25) is 0 Å². The third-order valence-corrected chi connectivity index (χ3v) is 1.21. The Morgan fingerprint density at radius 1 is 1.67 bits per heavy atom. The van der Waals surface area contributed by atoms with Gasteiger partial charge < -0.3 is 0 Å². The highest BCUT2D eigenvalue weighted by Gasteiger charge is 2.01. The fourth-order valence-electron chi connectivity index (χ4n) is 0.532. The first kappa shape index (κ1) is 6.61. The number of aromatic nitrogens is 3. The molecule has 0 unspecified atom stereocenters. The minimum Gasteiger partial charge on any atom is -0.219 e. The summed E-state index contributed by atoms with van der Waals surface area (Å²) in [5.74, 6) is 1.23. The molecule has 0 aliphatic rings. The lowest BCUT2D eigenvalue weighted by molar-refractivity contribution is 0.775. The molecule has 0 saturated heterocycles. The van der Waals surface area contributed by atoms with Crippen LogP contribution in [0.1, 0.15) is 25.6 Å². The molecule has 0 spiro atoms. The van der Waals surface area contributed by atoms with E-state index < -0.39 is 0 Å². The van der Waals surface area contributed by atoms with Crippen LogP contribution in [-0.4, -0.2) is 14.2 Å². The molecule has 0 aliphatic heterocycles. The van der Waals surface area contributed by atoms with E-state index in [1.165, 1.54) is 4.09 Å². The second-order valence-corrected chi connectivity index (χ2v) is 2.59. The van der Waals surface area contributed by atoms with Gasteiger partial charge in [0.25, 0.3) is 0 Å². The molecule has 0 aliphatic carbocycles. The van der Waals surface area contributed by atoms with Crippen molar-refractivity contribution in [2.45, 2.75) is 19.8 Å². The summed E-state index contributed by atoms with van der Waals surface area (Å²) in [5.41, 5.74) is 0. The molecule has 0 N–H and O–H groups in total. The van der Waals surface area contributed by atoms with E-state index >= 15 is 0 Å². The SMILES string of the molecule is CC(C)c1ncn(S)n1. The van der Waals surface area contributed by atoms with Crippen molar-refractivity contribution in [3.8, 4) is 0 Å². The Kier molecular flexibility index (Phi) is 1.75. The number of nitrogens with zero attached hydrogens (tertiary/aromatic N) is 3. The van der Waals surface area contributed by atoms with Crippen molar-refractivity contribution in [2.24, 2.45) is 0 Å². The third-order valence-electron chi connectivity index (χ3n) is 1.01. The Hall–Kier alpha value is -0.510. The van der Waals surface area contributed by atoms with Gasteiger partial charge >= 0.3 is 0 Å². The number of rotatable bonds is 1. The van der Waals surface area contributed by atoms with Crippen LogP contribution in [0.15, 0.2) is 6.33 Å². The summed E-state index contributed by atoms with van der Waals surface area (Å²) in [7, 11) is 0. The van der Waals surface area contributed by atoms with Gasteiger partial charge in [-0.3, -0.25) is 0 Å². The van der Waals surface area contributed by atoms with Gasteiger partial charge in [0, 0.05) is 5.92 Å². The second kappa shape index (κ2) is 2.39. The molecule has 0 atom stereocenters. The van der Waals surface area contributed by atoms with E-state index in [-0.39, 0.29) is 0 Å². The molecule has 1 heterocycles. The van der Waals surface area contributed by atoms with Crippen LogP contribution in [0.4, 0.5) is 0 Å². The van der Waals surface area contributed by atoms with Crippen LogP contribution in [0, 0.1) is 0 Å². The van der Waals surface area contributed by atoms with Gasteiger partial charge in [0.05, 0.1) is 0 Å². The predicted octanol–water partition coefficient (Wildman–Crippen LogP) is 1.09. The van der Waals surface area contributed by atoms with E-state index in [4.69, 9.17) is 0 Å². The van der Waals surface area contributed by atoms with Gasteiger partial charge in [-0.25, -0.2) is 4.98 Å². The van der Waals surface area contributed by atoms with Crippen LogP contribution in [0.3, 0.4) is 0 Å². The Labute approximate surface area is 59.6 Å². The van der Waals surface area contributed by atoms with Crippen molar-refractivity contribution in [2.75, 3.05) is 0 Å². The van der Waals surface area contributed by atoms with Crippen molar-refractivity contribution >= 4 is 12.8 Å². The van der Waals surface area contributed by atoms with Crippen LogP contribution in [0.25, 0.3) is 0 Å². The van der Waals surface area contributed by atoms with Crippen LogP contribution in [0.5, 0.6) is 0 Å². The zero-order chi connectivity index (χ0) is 6.85. The molecule has 1 rings (SSSR count). The molecule has 0 saturated carbocycles. The second-order valence-electron chi connectivity index (χ2n) is 2.18. The van der Waals surface area contributed by atoms with Gasteiger partial charge in [-0.15, -0.1) is 5.10 Å². The lowest BCUT2D eigenvalue weighted by atomic mass is 10.2. The summed E-state index contributed by atoms with van der Waals surface area (Å²) in [6.07, 6.45) is 1.58. The van der Waals surface area contributed by atoms with E-state index in [0.29, 0.717) is 5.92 Å². The zero-order valence-electron chi connectivity index (χ0n) is 5.44. The van der Waals surface area contributed by atoms with E-state index in [0.717, 1.165) is 5.82 Å². The summed E-state index contributed by atoms with van der Waals surface area (Å²) < 4.78 is 1.41. The fourth-order valence-corrected chi connectivity index (χ4v) is 0.675. The summed E-state index contributed by atoms with van der Waals surface area (Å²) in [4.78, 5) is 3.99. The normalized spacial score (nSPS) is 10.7. The van der Waals surface area contributed by atoms with Gasteiger partial charge in [-0.05, 0) is 12.8 Å². The summed E-state index contributed by atoms with van der Waals surface area (Å²) in [6, 6.07) is 0. The van der Waals surface area contributed by atoms with E-state index in [1.54, 1.807) is 6.33 Å². The van der Waals surface area contributed by atoms with E-state index in [2.05, 4.69) is 22.9 Å². The van der Waals surface area contributed by atoms with Crippen molar-refractivity contribution in [1.29, 1.82) is 0 Å². The predicted molar refractivity (Wildman–Crippen MR) is 38.5 cm³/mol. The average Bonchev–Trinajstić information content (AvgIpc) is 2.14. The molecular weight excluding hydrogens is 134 g/mol. The Morgan fingerprint density at radius 3 is 2.56 bits per heavy atom. The van der Waals surface area contributed by atoms with Crippen LogP contribution in [0.2, 0.25) is 0 Å². The molecule has 9 heavy (non-hydrogen) atoms. The first-order valence-corrected chi connectivity index (χ1v) is 3.21. The van der Waals surface area contributed by atoms with Crippen molar-refractivity contribution < 1.29 is 0 Å². The first-order valence-electron chi connectivity index (χ1n) is 2.81. The highest BCUT2D eigenvalue weighted by atomic mass is 32.1. The maximum Gasteiger partial charge on any atom is 0.154 e. The van der Waals surface area contributed by atoms with Gasteiger partial charge in [0.15, 0.2) is 5.82 Å². The Balaban J connectivity index is 2.85. The molecule has 0 bridgehead atoms. The molecule has 0 radical (unpaired) electrons. The van der Waals surface area contributed by atoms with Crippen LogP contribution in [-0.2, 0) is 0 Å². The smallest absolute Gasteiger partial charge is 0.154 e. The molecule has 0 amide bonds. The Bertz CT molecular complexity index is 194. The van der Waals surface area contributed by atoms with E-state index in [1.807, 2.05) is 13.8 Å². The van der Waals surface area contributed by atoms with E-state index in [9.17, 15) is 0 Å². The quantitative estimate of drug-likeness (QED) is 0.597. The molecule has 0 fully saturated rings. The van der Waals surface area contributed by atoms with Gasteiger partial charge in [-0.1, -0.05) is 13.8 Å². The van der Waals surface area contributed by atoms with Crippen molar-refractivity contribution in [3.05, 3.63) is 12.2 Å². The standard InChI is InChI=1S/C5H9N3S/c1-4(2)5-6-3-8(9)7-5/h3-4,9H,1-2H3. The number of hydrogen-bond acceptors (Lipinski definition) is 3. The summed E-state index contributed by atoms with van der Waals surface area (Å²) in [6.45, 7) is 4.09. The van der Waals surface area contributed by atoms with Crippen molar-refractivity contribution in [1.82, 2.24) is 14.2 Å². The largest absolute Gasteiger partial charge is 0.219 e. The Morgan fingerprint density at radius 2 is 2.33 bits per heavy atom.